The Morgan fingerprint density at radius 3 is 1.38 bits per heavy atom. The zero-order valence-corrected chi connectivity index (χ0v) is 41.6. The molecule has 5 amide bonds. The number of nitrogens with zero attached hydrogens (tertiary/aromatic N) is 2. The number of ketones is 3. The van der Waals surface area contributed by atoms with Gasteiger partial charge >= 0.3 is 0 Å². The maximum Gasteiger partial charge on any atom is 0.293 e. The van der Waals surface area contributed by atoms with Crippen molar-refractivity contribution < 1.29 is 55.9 Å². The van der Waals surface area contributed by atoms with Gasteiger partial charge in [0.2, 0.25) is 5.91 Å². The van der Waals surface area contributed by atoms with Crippen LogP contribution >= 0.6 is 23.2 Å². The molecule has 4 aromatic rings. The summed E-state index contributed by atoms with van der Waals surface area (Å²) < 4.78 is 58.3. The van der Waals surface area contributed by atoms with Crippen molar-refractivity contribution in [3.8, 4) is 0 Å². The number of anilines is 2. The number of nitrogens with one attached hydrogen (secondary N) is 5. The van der Waals surface area contributed by atoms with Crippen molar-refractivity contribution in [2.24, 2.45) is 11.8 Å². The van der Waals surface area contributed by atoms with E-state index < -0.39 is 95.5 Å². The predicted molar refractivity (Wildman–Crippen MR) is 256 cm³/mol. The predicted octanol–water partition coefficient (Wildman–Crippen LogP) is 7.91. The number of fused-ring (bicyclic) bond motifs is 6. The van der Waals surface area contributed by atoms with Crippen molar-refractivity contribution in [2.45, 2.75) is 127 Å². The van der Waals surface area contributed by atoms with Crippen LogP contribution in [0, 0.1) is 39.5 Å². The number of amides is 5. The topological polar surface area (TPSA) is 207 Å². The normalized spacial score (nSPS) is 22.1. The number of carbonyl (C=O) groups excluding carboxylic acids is 8. The Hall–Kier alpha value is -6.34. The monoisotopic (exact) mass is 1040 g/mol. The molecular formula is C51H51Cl2F4N7O8. The molecule has 4 aliphatic carbocycles. The minimum absolute atomic E-state index is 0.0398. The van der Waals surface area contributed by atoms with E-state index in [-0.39, 0.29) is 52.9 Å². The third-order valence-corrected chi connectivity index (χ3v) is 15.9. The molecule has 4 heterocycles. The highest BCUT2D eigenvalue weighted by Gasteiger charge is 2.63. The summed E-state index contributed by atoms with van der Waals surface area (Å²) in [5.41, 5.74) is 1.71. The molecule has 2 aliphatic heterocycles. The number of halogens is 6. The van der Waals surface area contributed by atoms with Crippen LogP contribution in [-0.4, -0.2) is 86.0 Å². The molecule has 5 N–H and O–H groups in total. The molecule has 2 aromatic heterocycles. The van der Waals surface area contributed by atoms with Gasteiger partial charge in [-0.2, -0.15) is 0 Å². The fourth-order valence-electron chi connectivity index (χ4n) is 11.3. The SMILES string of the molecule is CCC(=O)C1(NC(=O)C(=O)c2c(C)c(C(=O)Nc3ccc(C)c(Cl)c3)n3c2C[C@H]2C[C@H]23)CC(F)(F)C1.CNC(=O)C1(NC(=O)C(=O)c2c(C)c(C(=O)Nc3ccc(C)c(Cl)c3)n3c2C[C@@H]2C[C@@H]23)CC(F)(F)C1. The van der Waals surface area contributed by atoms with Crippen LogP contribution in [0.5, 0.6) is 0 Å². The van der Waals surface area contributed by atoms with E-state index >= 15 is 0 Å². The van der Waals surface area contributed by atoms with E-state index in [1.807, 2.05) is 23.0 Å². The molecule has 4 atom stereocenters. The van der Waals surface area contributed by atoms with Crippen molar-refractivity contribution in [1.82, 2.24) is 25.1 Å². The first-order chi connectivity index (χ1) is 33.7. The molecule has 6 aliphatic rings. The standard InChI is InChI=1S/C26H26ClF2N3O4.C25H25ClF2N4O4/c1-4-19(33)25(10-26(28,29)11-25)31-24(36)22(34)20-13(3)21(32-17-7-14(17)8-18(20)32)23(35)30-15-6-5-12(2)16(27)9-15;1-11-4-5-14(8-15(11)26)30-21(34)19-12(2)18(17-7-13-6-16(13)32(17)19)20(33)22(35)31-24(23(36)29-3)9-25(27,28)10-24/h5-6,9,14,17H,4,7-8,10-11H2,1-3H3,(H,30,35)(H,31,36);4-5,8,13,16H,6-7,9-10H2,1-3H3,(H,29,36)(H,30,34)(H,31,35)/t14-,17-;13-,16-/m10/s1. The molecule has 4 saturated carbocycles. The molecule has 0 bridgehead atoms. The van der Waals surface area contributed by atoms with Crippen molar-refractivity contribution in [3.63, 3.8) is 0 Å². The number of Topliss-reactive ketones (excluding diaryl/α,β-unsaturated/α-hetero) is 3. The van der Waals surface area contributed by atoms with Gasteiger partial charge in [0.15, 0.2) is 5.78 Å². The number of carbonyl (C=O) groups is 8. The van der Waals surface area contributed by atoms with Crippen LogP contribution in [0.1, 0.15) is 139 Å². The number of hydrogen-bond acceptors (Lipinski definition) is 8. The Labute approximate surface area is 420 Å². The molecule has 0 unspecified atom stereocenters. The number of benzene rings is 2. The number of rotatable bonds is 13. The Morgan fingerprint density at radius 2 is 1.01 bits per heavy atom. The Morgan fingerprint density at radius 1 is 0.625 bits per heavy atom. The van der Waals surface area contributed by atoms with Crippen LogP contribution in [0.25, 0.3) is 0 Å². The number of aryl methyl sites for hydroxylation is 2. The van der Waals surface area contributed by atoms with Gasteiger partial charge < -0.3 is 35.7 Å². The summed E-state index contributed by atoms with van der Waals surface area (Å²) in [5.74, 6) is -11.9. The number of aromatic nitrogens is 2. The molecule has 380 valence electrons. The molecule has 2 aromatic carbocycles. The van der Waals surface area contributed by atoms with Crippen LogP contribution in [-0.2, 0) is 32.0 Å². The van der Waals surface area contributed by atoms with Gasteiger partial charge in [0.1, 0.15) is 22.5 Å². The summed E-state index contributed by atoms with van der Waals surface area (Å²) in [5, 5.41) is 13.5. The number of alkyl halides is 4. The minimum atomic E-state index is -3.11. The first kappa shape index (κ1) is 50.6. The highest BCUT2D eigenvalue weighted by molar-refractivity contribution is 6.45. The van der Waals surface area contributed by atoms with Crippen molar-refractivity contribution in [2.75, 3.05) is 17.7 Å². The summed E-state index contributed by atoms with van der Waals surface area (Å²) in [7, 11) is 1.28. The third kappa shape index (κ3) is 8.68. The molecule has 21 heteroatoms. The molecule has 0 radical (unpaired) electrons. The van der Waals surface area contributed by atoms with Gasteiger partial charge in [0, 0.05) is 84.0 Å². The number of hydrogen-bond donors (Lipinski definition) is 5. The molecule has 4 fully saturated rings. The maximum atomic E-state index is 13.7. The van der Waals surface area contributed by atoms with E-state index in [4.69, 9.17) is 23.2 Å². The lowest BCUT2D eigenvalue weighted by Crippen LogP contribution is -2.69. The summed E-state index contributed by atoms with van der Waals surface area (Å²) >= 11 is 12.4. The average molecular weight is 1040 g/mol. The lowest BCUT2D eigenvalue weighted by Gasteiger charge is -2.46. The smallest absolute Gasteiger partial charge is 0.293 e. The van der Waals surface area contributed by atoms with E-state index in [9.17, 15) is 55.9 Å². The highest BCUT2D eigenvalue weighted by Crippen LogP contribution is 2.56. The zero-order valence-electron chi connectivity index (χ0n) is 40.1. The lowest BCUT2D eigenvalue weighted by molar-refractivity contribution is -0.164. The Kier molecular flexibility index (Phi) is 12.4. The number of likely N-dealkylation sites (N-methyl/N-ethyl adjacent to an activating group) is 1. The Balaban J connectivity index is 0.000000178. The van der Waals surface area contributed by atoms with Crippen molar-refractivity contribution in [1.29, 1.82) is 0 Å². The van der Waals surface area contributed by atoms with Crippen molar-refractivity contribution in [3.05, 3.63) is 103 Å². The fraction of sp³-hybridized carbons (Fsp3) is 0.451. The largest absolute Gasteiger partial charge is 0.357 e. The van der Waals surface area contributed by atoms with Gasteiger partial charge in [0.25, 0.3) is 47.0 Å². The highest BCUT2D eigenvalue weighted by atomic mass is 35.5. The van der Waals surface area contributed by atoms with Gasteiger partial charge in [-0.25, -0.2) is 17.6 Å². The molecule has 15 nitrogen and oxygen atoms in total. The molecule has 10 rings (SSSR count). The summed E-state index contributed by atoms with van der Waals surface area (Å²) in [4.78, 5) is 104. The van der Waals surface area contributed by atoms with Crippen LogP contribution in [0.3, 0.4) is 0 Å². The van der Waals surface area contributed by atoms with Gasteiger partial charge in [-0.1, -0.05) is 42.3 Å². The van der Waals surface area contributed by atoms with E-state index in [0.717, 1.165) is 24.0 Å². The summed E-state index contributed by atoms with van der Waals surface area (Å²) in [6.45, 7) is 8.40. The fourth-order valence-corrected chi connectivity index (χ4v) is 11.6. The van der Waals surface area contributed by atoms with E-state index in [2.05, 4.69) is 26.6 Å². The molecule has 0 saturated heterocycles. The van der Waals surface area contributed by atoms with E-state index in [1.54, 1.807) is 50.2 Å². The molecular weight excluding hydrogens is 985 g/mol. The van der Waals surface area contributed by atoms with Gasteiger partial charge in [-0.05, 0) is 112 Å². The minimum Gasteiger partial charge on any atom is -0.357 e. The van der Waals surface area contributed by atoms with Crippen LogP contribution in [0.4, 0.5) is 28.9 Å². The first-order valence-electron chi connectivity index (χ1n) is 23.6. The van der Waals surface area contributed by atoms with Gasteiger partial charge in [-0.3, -0.25) is 38.4 Å². The van der Waals surface area contributed by atoms with Gasteiger partial charge in [-0.15, -0.1) is 0 Å². The van der Waals surface area contributed by atoms with E-state index in [1.165, 1.54) is 14.0 Å². The second-order valence-corrected chi connectivity index (χ2v) is 21.0. The maximum absolute atomic E-state index is 13.7. The van der Waals surface area contributed by atoms with Gasteiger partial charge in [0.05, 0.1) is 11.1 Å². The lowest BCUT2D eigenvalue weighted by atomic mass is 9.69. The second kappa shape index (κ2) is 17.7. The van der Waals surface area contributed by atoms with E-state index in [0.29, 0.717) is 56.8 Å². The Bertz CT molecular complexity index is 2890. The van der Waals surface area contributed by atoms with Crippen molar-refractivity contribution >= 4 is 81.5 Å². The first-order valence-corrected chi connectivity index (χ1v) is 24.4. The quantitative estimate of drug-likeness (QED) is 0.0504. The average Bonchev–Trinajstić information content (AvgIpc) is 4.10. The molecule has 72 heavy (non-hydrogen) atoms. The third-order valence-electron chi connectivity index (χ3n) is 15.1. The summed E-state index contributed by atoms with van der Waals surface area (Å²) in [6, 6.07) is 10.4. The van der Waals surface area contributed by atoms with Crippen LogP contribution < -0.4 is 26.6 Å². The zero-order chi connectivity index (χ0) is 52.3. The van der Waals surface area contributed by atoms with Crippen LogP contribution in [0.15, 0.2) is 36.4 Å². The summed E-state index contributed by atoms with van der Waals surface area (Å²) in [6.07, 6.45) is -0.645. The second-order valence-electron chi connectivity index (χ2n) is 20.2. The molecule has 0 spiro atoms. The van der Waals surface area contributed by atoms with Crippen LogP contribution in [0.2, 0.25) is 10.0 Å².